The molecule has 14 atom stereocenters. The number of thioether (sulfide) groups is 1. The Bertz CT molecular complexity index is 1310. The Morgan fingerprint density at radius 3 is 2.19 bits per heavy atom. The molecule has 5 rings (SSSR count). The zero-order valence-electron chi connectivity index (χ0n) is 35.9. The number of aliphatic hydroxyl groups is 4. The van der Waals surface area contributed by atoms with Gasteiger partial charge in [0.05, 0.1) is 72.2 Å². The predicted molar refractivity (Wildman–Crippen MR) is 230 cm³/mol. The Balaban J connectivity index is 0.864. The number of aliphatic hydroxyl groups excluding tert-OH is 4. The second-order valence-corrected chi connectivity index (χ2v) is 22.6. The third kappa shape index (κ3) is 12.9. The van der Waals surface area contributed by atoms with Crippen LogP contribution in [0.4, 0.5) is 0 Å². The van der Waals surface area contributed by atoms with Crippen LogP contribution in [0.15, 0.2) is 11.6 Å². The van der Waals surface area contributed by atoms with Gasteiger partial charge in [-0.2, -0.15) is 0 Å². The van der Waals surface area contributed by atoms with Crippen LogP contribution < -0.4 is 0 Å². The summed E-state index contributed by atoms with van der Waals surface area (Å²) < 4.78 is 39.3. The van der Waals surface area contributed by atoms with Crippen LogP contribution in [0.25, 0.3) is 0 Å². The van der Waals surface area contributed by atoms with Crippen molar-refractivity contribution in [3.63, 3.8) is 0 Å². The van der Waals surface area contributed by atoms with Gasteiger partial charge in [-0.05, 0) is 110 Å². The topological polar surface area (TPSA) is 166 Å². The molecule has 12 nitrogen and oxygen atoms in total. The lowest BCUT2D eigenvalue weighted by Crippen LogP contribution is -2.57. The van der Waals surface area contributed by atoms with Crippen molar-refractivity contribution in [3.05, 3.63) is 11.6 Å². The van der Waals surface area contributed by atoms with E-state index in [1.165, 1.54) is 57.8 Å². The van der Waals surface area contributed by atoms with Gasteiger partial charge < -0.3 is 58.1 Å². The first-order chi connectivity index (χ1) is 27.7. The summed E-state index contributed by atoms with van der Waals surface area (Å²) in [4.78, 5) is 10.2. The molecule has 0 aromatic rings. The van der Waals surface area contributed by atoms with Crippen LogP contribution in [0.1, 0.15) is 105 Å². The maximum Gasteiger partial charge on any atom is 0.324 e. The van der Waals surface area contributed by atoms with E-state index in [0.29, 0.717) is 50.5 Å². The lowest BCUT2D eigenvalue weighted by molar-refractivity contribution is -0.205. The van der Waals surface area contributed by atoms with Crippen LogP contribution in [-0.2, 0) is 44.5 Å². The van der Waals surface area contributed by atoms with Gasteiger partial charge in [0.25, 0.3) is 0 Å². The average Bonchev–Trinajstić information content (AvgIpc) is 3.55. The Kier molecular flexibility index (Phi) is 19.8. The number of ether oxygens (including phenoxy) is 5. The molecule has 0 spiro atoms. The standard InChI is InChI=1S/C43H77O12PS2/c1-29(2)7-6-8-30(3)34-11-12-35-33-10-9-31-27-32(13-15-42(31,4)36(33)14-16-43(34,35)5)52-23-21-50-19-17-49-18-20-51-22-24-53-56(48,57)54-25-26-58-41-40(47)39(46)38(45)37(28-44)55-41/h9,29-30,32-41,44-47H,6-8,10-28H2,1-5H3,(H,48,57)/t30-,32+,33+,34-,35+,36+,37-,38+,39+,40-,41+,42+,43-,56?/m1/s1. The zero-order chi connectivity index (χ0) is 41.9. The fourth-order valence-corrected chi connectivity index (χ4v) is 13.6. The van der Waals surface area contributed by atoms with Crippen molar-refractivity contribution in [1.29, 1.82) is 0 Å². The quantitative estimate of drug-likeness (QED) is 0.0397. The maximum absolute atomic E-state index is 10.2. The van der Waals surface area contributed by atoms with Crippen molar-refractivity contribution >= 4 is 30.3 Å². The van der Waals surface area contributed by atoms with Crippen LogP contribution in [0, 0.1) is 46.3 Å². The molecule has 15 heteroatoms. The molecule has 1 aliphatic heterocycles. The highest BCUT2D eigenvalue weighted by atomic mass is 32.5. The van der Waals surface area contributed by atoms with Crippen molar-refractivity contribution < 1.29 is 58.1 Å². The fraction of sp³-hybridized carbons (Fsp3) is 0.953. The molecule has 4 aliphatic carbocycles. The second kappa shape index (κ2) is 23.3. The number of fused-ring (bicyclic) bond motifs is 5. The van der Waals surface area contributed by atoms with E-state index in [9.17, 15) is 25.3 Å². The van der Waals surface area contributed by atoms with Crippen molar-refractivity contribution in [2.75, 3.05) is 71.8 Å². The fourth-order valence-electron chi connectivity index (χ4n) is 11.4. The van der Waals surface area contributed by atoms with Crippen molar-refractivity contribution in [2.45, 2.75) is 141 Å². The molecule has 58 heavy (non-hydrogen) atoms. The summed E-state index contributed by atoms with van der Waals surface area (Å²) in [7, 11) is 0. The van der Waals surface area contributed by atoms with E-state index in [1.54, 1.807) is 5.57 Å². The molecule has 1 saturated heterocycles. The SMILES string of the molecule is CC(C)CCC[C@@H](C)[C@H]1CC[C@H]2[C@@H]3CC=C4C[C@@H](OCCOCCOCCOCCOP(O)(=S)OCCS[C@@H]5O[C@H](CO)[C@H](O)[C@H](O)[C@H]5O)CC[C@]4(C)[C@H]3CC[C@]12C. The van der Waals surface area contributed by atoms with Gasteiger partial charge in [-0.3, -0.25) is 0 Å². The normalized spacial score (nSPS) is 37.8. The van der Waals surface area contributed by atoms with Gasteiger partial charge in [-0.15, -0.1) is 11.8 Å². The molecule has 5 aliphatic rings. The van der Waals surface area contributed by atoms with Gasteiger partial charge in [-0.25, -0.2) is 0 Å². The van der Waals surface area contributed by atoms with E-state index in [-0.39, 0.29) is 31.7 Å². The first kappa shape index (κ1) is 49.3. The third-order valence-corrected chi connectivity index (χ3v) is 17.3. The zero-order valence-corrected chi connectivity index (χ0v) is 38.4. The van der Waals surface area contributed by atoms with Crippen LogP contribution in [-0.4, -0.2) is 133 Å². The van der Waals surface area contributed by atoms with Gasteiger partial charge in [0.2, 0.25) is 0 Å². The molecular weight excluding hydrogens is 804 g/mol. The van der Waals surface area contributed by atoms with E-state index < -0.39 is 43.2 Å². The highest BCUT2D eigenvalue weighted by molar-refractivity contribution is 8.07. The van der Waals surface area contributed by atoms with Crippen molar-refractivity contribution in [2.24, 2.45) is 46.3 Å². The number of rotatable bonds is 25. The maximum atomic E-state index is 10.2. The summed E-state index contributed by atoms with van der Waals surface area (Å²) in [6.45, 7) is 11.7. The molecule has 0 aromatic heterocycles. The lowest BCUT2D eigenvalue weighted by atomic mass is 9.47. The Hall–Kier alpha value is 0.260. The van der Waals surface area contributed by atoms with E-state index >= 15 is 0 Å². The molecule has 1 unspecified atom stereocenters. The van der Waals surface area contributed by atoms with E-state index in [2.05, 4.69) is 40.7 Å². The first-order valence-corrected chi connectivity index (χ1v) is 25.9. The van der Waals surface area contributed by atoms with Crippen LogP contribution in [0.5, 0.6) is 0 Å². The Morgan fingerprint density at radius 2 is 1.50 bits per heavy atom. The molecule has 4 fully saturated rings. The minimum Gasteiger partial charge on any atom is -0.394 e. The largest absolute Gasteiger partial charge is 0.394 e. The molecule has 0 bridgehead atoms. The molecule has 338 valence electrons. The average molecular weight is 881 g/mol. The third-order valence-electron chi connectivity index (χ3n) is 14.5. The summed E-state index contributed by atoms with van der Waals surface area (Å²) >= 11 is 6.13. The smallest absolute Gasteiger partial charge is 0.324 e. The molecule has 0 aromatic carbocycles. The Morgan fingerprint density at radius 1 is 0.828 bits per heavy atom. The van der Waals surface area contributed by atoms with Gasteiger partial charge >= 0.3 is 6.72 Å². The van der Waals surface area contributed by atoms with Crippen LogP contribution in [0.2, 0.25) is 0 Å². The molecular formula is C43H77O12PS2. The van der Waals surface area contributed by atoms with Gasteiger partial charge in [0.15, 0.2) is 0 Å². The Labute approximate surface area is 358 Å². The molecule has 1 heterocycles. The number of allylic oxidation sites excluding steroid dienone is 1. The summed E-state index contributed by atoms with van der Waals surface area (Å²) in [6.07, 6.45) is 12.4. The minimum atomic E-state index is -3.49. The van der Waals surface area contributed by atoms with Crippen molar-refractivity contribution in [1.82, 2.24) is 0 Å². The van der Waals surface area contributed by atoms with Gasteiger partial charge in [0.1, 0.15) is 29.9 Å². The van der Waals surface area contributed by atoms with Gasteiger partial charge in [0, 0.05) is 5.75 Å². The molecule has 3 saturated carbocycles. The summed E-state index contributed by atoms with van der Waals surface area (Å²) in [5.74, 6) is 5.41. The summed E-state index contributed by atoms with van der Waals surface area (Å²) in [5.41, 5.74) is 1.66. The molecule has 0 radical (unpaired) electrons. The first-order valence-electron chi connectivity index (χ1n) is 22.3. The second-order valence-electron chi connectivity index (χ2n) is 18.6. The summed E-state index contributed by atoms with van der Waals surface area (Å²) in [6, 6.07) is 0. The van der Waals surface area contributed by atoms with E-state index in [0.717, 1.165) is 60.1 Å². The predicted octanol–water partition coefficient (Wildman–Crippen LogP) is 6.25. The number of hydrogen-bond acceptors (Lipinski definition) is 13. The number of hydrogen-bond donors (Lipinski definition) is 5. The minimum absolute atomic E-state index is 0.00828. The highest BCUT2D eigenvalue weighted by Crippen LogP contribution is 2.67. The van der Waals surface area contributed by atoms with Gasteiger partial charge in [-0.1, -0.05) is 65.5 Å². The van der Waals surface area contributed by atoms with Crippen LogP contribution >= 0.6 is 18.5 Å². The van der Waals surface area contributed by atoms with Crippen molar-refractivity contribution in [3.8, 4) is 0 Å². The van der Waals surface area contributed by atoms with Crippen LogP contribution in [0.3, 0.4) is 0 Å². The summed E-state index contributed by atoms with van der Waals surface area (Å²) in [5, 5.41) is 39.2. The molecule has 5 N–H and O–H groups in total. The molecule has 0 amide bonds. The lowest BCUT2D eigenvalue weighted by Gasteiger charge is -2.58. The highest BCUT2D eigenvalue weighted by Gasteiger charge is 2.59. The van der Waals surface area contributed by atoms with E-state index in [4.69, 9.17) is 44.5 Å². The monoisotopic (exact) mass is 880 g/mol. The van der Waals surface area contributed by atoms with E-state index in [1.807, 2.05) is 0 Å².